The molecule has 0 spiro atoms. The quantitative estimate of drug-likeness (QED) is 0.806. The molecule has 1 aromatic carbocycles. The van der Waals surface area contributed by atoms with Crippen LogP contribution < -0.4 is 0 Å². The normalized spacial score (nSPS) is 10.5. The Hall–Kier alpha value is -2.17. The van der Waals surface area contributed by atoms with Crippen molar-refractivity contribution in [2.24, 2.45) is 7.05 Å². The minimum atomic E-state index is -0.611. The molecule has 4 nitrogen and oxygen atoms in total. The van der Waals surface area contributed by atoms with Crippen LogP contribution in [0.2, 0.25) is 0 Å². The molecule has 0 bridgehead atoms. The number of aryl methyl sites for hydroxylation is 2. The van der Waals surface area contributed by atoms with Crippen LogP contribution in [0.25, 0.3) is 0 Å². The minimum Gasteiger partial charge on any atom is -0.493 e. The molecule has 1 aromatic heterocycles. The van der Waals surface area contributed by atoms with Crippen LogP contribution in [-0.4, -0.2) is 20.7 Å². The number of aromatic nitrogens is 2. The molecule has 0 aliphatic rings. The van der Waals surface area contributed by atoms with Gasteiger partial charge in [0.25, 0.3) is 0 Å². The highest BCUT2D eigenvalue weighted by atomic mass is 19.1. The summed E-state index contributed by atoms with van der Waals surface area (Å²) in [7, 11) is 1.51. The van der Waals surface area contributed by atoms with E-state index in [-0.39, 0.29) is 17.0 Å². The molecule has 1 heterocycles. The van der Waals surface area contributed by atoms with Crippen LogP contribution in [0, 0.1) is 12.7 Å². The van der Waals surface area contributed by atoms with Crippen LogP contribution >= 0.6 is 0 Å². The Kier molecular flexibility index (Phi) is 2.67. The van der Waals surface area contributed by atoms with E-state index >= 15 is 0 Å². The van der Waals surface area contributed by atoms with E-state index in [9.17, 15) is 14.3 Å². The minimum absolute atomic E-state index is 0.0394. The molecule has 0 saturated carbocycles. The van der Waals surface area contributed by atoms with Crippen LogP contribution in [0.3, 0.4) is 0 Å². The lowest BCUT2D eigenvalue weighted by molar-refractivity contribution is 0.103. The lowest BCUT2D eigenvalue weighted by Gasteiger charge is -2.01. The molecule has 0 amide bonds. The van der Waals surface area contributed by atoms with Gasteiger partial charge in [-0.3, -0.25) is 4.79 Å². The molecule has 0 saturated heterocycles. The number of rotatable bonds is 2. The summed E-state index contributed by atoms with van der Waals surface area (Å²) in [6.45, 7) is 1.59. The predicted octanol–water partition coefficient (Wildman–Crippen LogP) is 1.80. The number of halogens is 1. The SMILES string of the molecule is Cc1nn(C)c(O)c1C(=O)c1ccccc1F. The molecular formula is C12H11FN2O2. The van der Waals surface area contributed by atoms with Crippen molar-refractivity contribution in [3.8, 4) is 5.88 Å². The highest BCUT2D eigenvalue weighted by molar-refractivity contribution is 6.11. The zero-order valence-electron chi connectivity index (χ0n) is 9.44. The molecule has 17 heavy (non-hydrogen) atoms. The summed E-state index contributed by atoms with van der Waals surface area (Å²) in [5.74, 6) is -1.43. The summed E-state index contributed by atoms with van der Waals surface area (Å²) in [5.41, 5.74) is 0.342. The van der Waals surface area contributed by atoms with E-state index in [1.165, 1.54) is 29.9 Å². The Morgan fingerprint density at radius 1 is 1.41 bits per heavy atom. The zero-order chi connectivity index (χ0) is 12.6. The molecule has 5 heteroatoms. The monoisotopic (exact) mass is 234 g/mol. The smallest absolute Gasteiger partial charge is 0.220 e. The van der Waals surface area contributed by atoms with Crippen molar-refractivity contribution in [3.63, 3.8) is 0 Å². The van der Waals surface area contributed by atoms with Gasteiger partial charge in [-0.1, -0.05) is 12.1 Å². The number of aromatic hydroxyl groups is 1. The lowest BCUT2D eigenvalue weighted by atomic mass is 10.0. The van der Waals surface area contributed by atoms with Gasteiger partial charge >= 0.3 is 0 Å². The second kappa shape index (κ2) is 4.01. The average Bonchev–Trinajstić information content (AvgIpc) is 2.53. The van der Waals surface area contributed by atoms with E-state index in [1.54, 1.807) is 13.0 Å². The van der Waals surface area contributed by atoms with Gasteiger partial charge in [-0.15, -0.1) is 0 Å². The Bertz CT molecular complexity index is 590. The van der Waals surface area contributed by atoms with Gasteiger partial charge in [0.15, 0.2) is 0 Å². The second-order valence-electron chi connectivity index (χ2n) is 3.72. The summed E-state index contributed by atoms with van der Waals surface area (Å²) in [6.07, 6.45) is 0. The van der Waals surface area contributed by atoms with Gasteiger partial charge in [0.05, 0.1) is 11.3 Å². The first-order chi connectivity index (χ1) is 8.02. The molecule has 0 atom stereocenters. The van der Waals surface area contributed by atoms with Crippen molar-refractivity contribution in [3.05, 3.63) is 46.9 Å². The number of benzene rings is 1. The van der Waals surface area contributed by atoms with Gasteiger partial charge in [0.2, 0.25) is 11.7 Å². The first-order valence-corrected chi connectivity index (χ1v) is 5.04. The van der Waals surface area contributed by atoms with Crippen LogP contribution in [0.4, 0.5) is 4.39 Å². The summed E-state index contributed by atoms with van der Waals surface area (Å²) in [5, 5.41) is 13.6. The fourth-order valence-corrected chi connectivity index (χ4v) is 1.69. The fraction of sp³-hybridized carbons (Fsp3) is 0.167. The van der Waals surface area contributed by atoms with Crippen LogP contribution in [-0.2, 0) is 7.05 Å². The van der Waals surface area contributed by atoms with Crippen molar-refractivity contribution in [2.45, 2.75) is 6.92 Å². The van der Waals surface area contributed by atoms with Crippen LogP contribution in [0.5, 0.6) is 5.88 Å². The Morgan fingerprint density at radius 3 is 2.59 bits per heavy atom. The van der Waals surface area contributed by atoms with Gasteiger partial charge in [-0.05, 0) is 19.1 Å². The molecule has 0 unspecified atom stereocenters. The largest absolute Gasteiger partial charge is 0.493 e. The van der Waals surface area contributed by atoms with Crippen LogP contribution in [0.1, 0.15) is 21.6 Å². The molecule has 0 aliphatic heterocycles. The summed E-state index contributed by atoms with van der Waals surface area (Å²) < 4.78 is 14.7. The van der Waals surface area contributed by atoms with Gasteiger partial charge in [-0.2, -0.15) is 5.10 Å². The van der Waals surface area contributed by atoms with Crippen molar-refractivity contribution < 1.29 is 14.3 Å². The van der Waals surface area contributed by atoms with Crippen molar-refractivity contribution in [2.75, 3.05) is 0 Å². The fourth-order valence-electron chi connectivity index (χ4n) is 1.69. The van der Waals surface area contributed by atoms with E-state index in [0.29, 0.717) is 5.69 Å². The molecule has 0 fully saturated rings. The predicted molar refractivity (Wildman–Crippen MR) is 59.4 cm³/mol. The molecule has 2 aromatic rings. The first-order valence-electron chi connectivity index (χ1n) is 5.04. The number of ketones is 1. The maximum Gasteiger partial charge on any atom is 0.220 e. The number of hydrogen-bond acceptors (Lipinski definition) is 3. The van der Waals surface area contributed by atoms with Crippen molar-refractivity contribution in [1.82, 2.24) is 9.78 Å². The Morgan fingerprint density at radius 2 is 2.06 bits per heavy atom. The topological polar surface area (TPSA) is 55.1 Å². The van der Waals surface area contributed by atoms with E-state index in [2.05, 4.69) is 5.10 Å². The highest BCUT2D eigenvalue weighted by Crippen LogP contribution is 2.24. The Balaban J connectivity index is 2.55. The molecule has 1 N–H and O–H groups in total. The average molecular weight is 234 g/mol. The number of hydrogen-bond donors (Lipinski definition) is 1. The third kappa shape index (κ3) is 1.80. The zero-order valence-corrected chi connectivity index (χ0v) is 9.44. The van der Waals surface area contributed by atoms with Gasteiger partial charge in [-0.25, -0.2) is 9.07 Å². The van der Waals surface area contributed by atoms with E-state index in [1.807, 2.05) is 0 Å². The Labute approximate surface area is 97.3 Å². The number of carbonyl (C=O) groups excluding carboxylic acids is 1. The second-order valence-corrected chi connectivity index (χ2v) is 3.72. The summed E-state index contributed by atoms with van der Waals surface area (Å²) >= 11 is 0. The highest BCUT2D eigenvalue weighted by Gasteiger charge is 2.23. The molecular weight excluding hydrogens is 223 g/mol. The van der Waals surface area contributed by atoms with Gasteiger partial charge < -0.3 is 5.11 Å². The third-order valence-corrected chi connectivity index (χ3v) is 2.54. The summed E-state index contributed by atoms with van der Waals surface area (Å²) in [4.78, 5) is 12.1. The molecule has 2 rings (SSSR count). The maximum absolute atomic E-state index is 13.5. The van der Waals surface area contributed by atoms with Crippen LogP contribution in [0.15, 0.2) is 24.3 Å². The van der Waals surface area contributed by atoms with E-state index in [0.717, 1.165) is 0 Å². The van der Waals surface area contributed by atoms with Gasteiger partial charge in [0.1, 0.15) is 11.4 Å². The third-order valence-electron chi connectivity index (χ3n) is 2.54. The first kappa shape index (κ1) is 11.3. The van der Waals surface area contributed by atoms with E-state index in [4.69, 9.17) is 0 Å². The molecule has 0 aliphatic carbocycles. The molecule has 88 valence electrons. The lowest BCUT2D eigenvalue weighted by Crippen LogP contribution is -2.05. The van der Waals surface area contributed by atoms with Crippen molar-refractivity contribution in [1.29, 1.82) is 0 Å². The van der Waals surface area contributed by atoms with Gasteiger partial charge in [0, 0.05) is 7.05 Å². The summed E-state index contributed by atoms with van der Waals surface area (Å²) in [6, 6.07) is 5.65. The van der Waals surface area contributed by atoms with E-state index < -0.39 is 11.6 Å². The number of nitrogens with zero attached hydrogens (tertiary/aromatic N) is 2. The maximum atomic E-state index is 13.5. The molecule has 0 radical (unpaired) electrons. The van der Waals surface area contributed by atoms with Crippen molar-refractivity contribution >= 4 is 5.78 Å². The number of carbonyl (C=O) groups is 1. The standard InChI is InChI=1S/C12H11FN2O2/c1-7-10(12(17)15(2)14-7)11(16)8-5-3-4-6-9(8)13/h3-6,17H,1-2H3.